The summed E-state index contributed by atoms with van der Waals surface area (Å²) in [5.74, 6) is -0.241. The molecule has 0 saturated heterocycles. The quantitative estimate of drug-likeness (QED) is 0.821. The molecule has 0 aliphatic heterocycles. The van der Waals surface area contributed by atoms with Gasteiger partial charge in [0, 0.05) is 5.69 Å². The Morgan fingerprint density at radius 1 is 1.44 bits per heavy atom. The Morgan fingerprint density at radius 2 is 2.17 bits per heavy atom. The zero-order chi connectivity index (χ0) is 13.3. The van der Waals surface area contributed by atoms with Crippen LogP contribution in [-0.2, 0) is 22.6 Å². The van der Waals surface area contributed by atoms with Gasteiger partial charge in [0.2, 0.25) is 0 Å². The molecule has 0 bridgehead atoms. The van der Waals surface area contributed by atoms with Crippen LogP contribution in [0.2, 0.25) is 5.02 Å². The number of benzene rings is 1. The van der Waals surface area contributed by atoms with E-state index in [0.717, 1.165) is 0 Å². The lowest BCUT2D eigenvalue weighted by Gasteiger charge is -2.04. The molecule has 0 unspecified atom stereocenters. The van der Waals surface area contributed by atoms with Gasteiger partial charge in [-0.2, -0.15) is 4.80 Å². The van der Waals surface area contributed by atoms with Crippen molar-refractivity contribution < 1.29 is 8.42 Å². The molecule has 9 heteroatoms. The highest BCUT2D eigenvalue weighted by atomic mass is 35.5. The zero-order valence-electron chi connectivity index (χ0n) is 9.41. The molecular weight excluding hydrogens is 278 g/mol. The summed E-state index contributed by atoms with van der Waals surface area (Å²) in [7, 11) is -2.06. The number of hydrogen-bond donors (Lipinski definition) is 1. The molecule has 0 radical (unpaired) electrons. The summed E-state index contributed by atoms with van der Waals surface area (Å²) in [6.45, 7) is 0. The van der Waals surface area contributed by atoms with E-state index in [2.05, 4.69) is 15.4 Å². The number of nitrogens with zero attached hydrogens (tertiary/aromatic N) is 4. The Balaban J connectivity index is 2.36. The SMILES string of the molecule is Cn1nnc(CS(=O)(=O)c2ccc(N)cc2Cl)n1. The lowest BCUT2D eigenvalue weighted by molar-refractivity contribution is 0.593. The summed E-state index contributed by atoms with van der Waals surface area (Å²) in [5.41, 5.74) is 5.91. The number of nitrogen functional groups attached to an aromatic ring is 1. The highest BCUT2D eigenvalue weighted by Crippen LogP contribution is 2.25. The van der Waals surface area contributed by atoms with Crippen molar-refractivity contribution in [1.29, 1.82) is 0 Å². The molecular formula is C9H10ClN5O2S. The van der Waals surface area contributed by atoms with Gasteiger partial charge in [-0.3, -0.25) is 0 Å². The summed E-state index contributed by atoms with van der Waals surface area (Å²) in [6.07, 6.45) is 0. The van der Waals surface area contributed by atoms with E-state index in [1.165, 1.54) is 23.0 Å². The van der Waals surface area contributed by atoms with E-state index in [-0.39, 0.29) is 21.5 Å². The summed E-state index contributed by atoms with van der Waals surface area (Å²) in [4.78, 5) is 1.20. The molecule has 0 aliphatic carbocycles. The Hall–Kier alpha value is -1.67. The van der Waals surface area contributed by atoms with Crippen LogP contribution in [0.5, 0.6) is 0 Å². The van der Waals surface area contributed by atoms with Crippen LogP contribution in [0.1, 0.15) is 5.82 Å². The van der Waals surface area contributed by atoms with E-state index in [1.54, 1.807) is 7.05 Å². The van der Waals surface area contributed by atoms with Gasteiger partial charge >= 0.3 is 0 Å². The molecule has 2 N–H and O–H groups in total. The summed E-state index contributed by atoms with van der Waals surface area (Å²) in [5, 5.41) is 11.1. The second-order valence-corrected chi connectivity index (χ2v) is 6.01. The maximum Gasteiger partial charge on any atom is 0.190 e. The number of halogens is 1. The highest BCUT2D eigenvalue weighted by Gasteiger charge is 2.21. The first kappa shape index (κ1) is 12.8. The van der Waals surface area contributed by atoms with Crippen LogP contribution in [0.4, 0.5) is 5.69 Å². The fraction of sp³-hybridized carbons (Fsp3) is 0.222. The van der Waals surface area contributed by atoms with Crippen LogP contribution in [0.3, 0.4) is 0 Å². The predicted octanol–water partition coefficient (Wildman–Crippen LogP) is 0.420. The molecule has 18 heavy (non-hydrogen) atoms. The van der Waals surface area contributed by atoms with Crippen LogP contribution in [0.15, 0.2) is 23.1 Å². The molecule has 0 amide bonds. The molecule has 7 nitrogen and oxygen atoms in total. The molecule has 1 aromatic carbocycles. The summed E-state index contributed by atoms with van der Waals surface area (Å²) in [6, 6.07) is 4.23. The largest absolute Gasteiger partial charge is 0.399 e. The number of nitrogens with two attached hydrogens (primary N) is 1. The Labute approximate surface area is 108 Å². The lowest BCUT2D eigenvalue weighted by atomic mass is 10.3. The van der Waals surface area contributed by atoms with E-state index in [9.17, 15) is 8.42 Å². The fourth-order valence-electron chi connectivity index (χ4n) is 1.40. The predicted molar refractivity (Wildman–Crippen MR) is 65.6 cm³/mol. The average Bonchev–Trinajstić information content (AvgIpc) is 2.62. The van der Waals surface area contributed by atoms with Crippen molar-refractivity contribution in [2.24, 2.45) is 7.05 Å². The third-order valence-corrected chi connectivity index (χ3v) is 4.25. The van der Waals surface area contributed by atoms with Crippen molar-refractivity contribution >= 4 is 27.1 Å². The number of aromatic nitrogens is 4. The van der Waals surface area contributed by atoms with E-state index in [0.29, 0.717) is 5.69 Å². The van der Waals surface area contributed by atoms with E-state index < -0.39 is 9.84 Å². The van der Waals surface area contributed by atoms with Crippen molar-refractivity contribution in [3.8, 4) is 0 Å². The maximum absolute atomic E-state index is 12.1. The number of hydrogen-bond acceptors (Lipinski definition) is 6. The summed E-state index contributed by atoms with van der Waals surface area (Å²) < 4.78 is 24.2. The van der Waals surface area contributed by atoms with Gasteiger partial charge in [0.05, 0.1) is 17.0 Å². The minimum Gasteiger partial charge on any atom is -0.399 e. The average molecular weight is 288 g/mol. The standard InChI is InChI=1S/C9H10ClN5O2S/c1-15-13-9(12-14-15)5-18(16,17)8-3-2-6(11)4-7(8)10/h2-4H,5,11H2,1H3. The molecule has 0 atom stereocenters. The van der Waals surface area contributed by atoms with Crippen LogP contribution in [0.25, 0.3) is 0 Å². The molecule has 0 fully saturated rings. The van der Waals surface area contributed by atoms with Crippen LogP contribution < -0.4 is 5.73 Å². The summed E-state index contributed by atoms with van der Waals surface area (Å²) >= 11 is 5.86. The van der Waals surface area contributed by atoms with Crippen molar-refractivity contribution in [3.05, 3.63) is 29.0 Å². The second-order valence-electron chi connectivity index (χ2n) is 3.64. The Bertz CT molecular complexity index is 682. The fourth-order valence-corrected chi connectivity index (χ4v) is 3.18. The second kappa shape index (κ2) is 4.54. The van der Waals surface area contributed by atoms with Crippen molar-refractivity contribution in [3.63, 3.8) is 0 Å². The maximum atomic E-state index is 12.1. The van der Waals surface area contributed by atoms with Crippen LogP contribution in [-0.4, -0.2) is 28.6 Å². The molecule has 0 aliphatic rings. The first-order valence-electron chi connectivity index (χ1n) is 4.89. The van der Waals surface area contributed by atoms with Crippen LogP contribution in [0, 0.1) is 0 Å². The van der Waals surface area contributed by atoms with Crippen molar-refractivity contribution in [1.82, 2.24) is 20.2 Å². The number of anilines is 1. The minimum atomic E-state index is -3.61. The Morgan fingerprint density at radius 3 is 2.72 bits per heavy atom. The smallest absolute Gasteiger partial charge is 0.190 e. The Kier molecular flexibility index (Phi) is 3.22. The van der Waals surface area contributed by atoms with Gasteiger partial charge < -0.3 is 5.73 Å². The van der Waals surface area contributed by atoms with Gasteiger partial charge in [-0.05, 0) is 23.4 Å². The van der Waals surface area contributed by atoms with Gasteiger partial charge in [0.1, 0.15) is 5.75 Å². The molecule has 1 heterocycles. The van der Waals surface area contributed by atoms with Gasteiger partial charge in [-0.15, -0.1) is 10.2 Å². The van der Waals surface area contributed by atoms with Gasteiger partial charge in [0.25, 0.3) is 0 Å². The monoisotopic (exact) mass is 287 g/mol. The molecule has 96 valence electrons. The molecule has 0 spiro atoms. The lowest BCUT2D eigenvalue weighted by Crippen LogP contribution is -2.07. The normalized spacial score (nSPS) is 11.7. The number of rotatable bonds is 3. The molecule has 2 aromatic rings. The minimum absolute atomic E-state index is 0.00539. The van der Waals surface area contributed by atoms with Crippen LogP contribution >= 0.6 is 11.6 Å². The molecule has 2 rings (SSSR count). The van der Waals surface area contributed by atoms with E-state index in [4.69, 9.17) is 17.3 Å². The molecule has 0 saturated carbocycles. The van der Waals surface area contributed by atoms with Crippen molar-refractivity contribution in [2.45, 2.75) is 10.6 Å². The van der Waals surface area contributed by atoms with Gasteiger partial charge in [-0.25, -0.2) is 8.42 Å². The number of tetrazole rings is 1. The first-order valence-corrected chi connectivity index (χ1v) is 6.92. The molecule has 1 aromatic heterocycles. The van der Waals surface area contributed by atoms with Gasteiger partial charge in [0.15, 0.2) is 15.7 Å². The van der Waals surface area contributed by atoms with Gasteiger partial charge in [-0.1, -0.05) is 11.6 Å². The highest BCUT2D eigenvalue weighted by molar-refractivity contribution is 7.90. The third-order valence-electron chi connectivity index (χ3n) is 2.16. The topological polar surface area (TPSA) is 104 Å². The van der Waals surface area contributed by atoms with E-state index >= 15 is 0 Å². The first-order chi connectivity index (χ1) is 8.38. The number of sulfone groups is 1. The number of aryl methyl sites for hydroxylation is 1. The third kappa shape index (κ3) is 2.59. The van der Waals surface area contributed by atoms with Crippen molar-refractivity contribution in [2.75, 3.05) is 5.73 Å². The zero-order valence-corrected chi connectivity index (χ0v) is 11.0. The van der Waals surface area contributed by atoms with E-state index in [1.807, 2.05) is 0 Å².